The van der Waals surface area contributed by atoms with Crippen LogP contribution in [0, 0.1) is 0 Å². The Morgan fingerprint density at radius 2 is 0.534 bits per heavy atom. The molecule has 0 aliphatic rings. The molecule has 0 unspecified atom stereocenters. The van der Waals surface area contributed by atoms with Crippen LogP contribution in [0.15, 0.2) is 60.7 Å². The lowest BCUT2D eigenvalue weighted by Crippen LogP contribution is -2.24. The fraction of sp³-hybridized carbons (Fsp3) is 0.593. The van der Waals surface area contributed by atoms with Gasteiger partial charge in [0.1, 0.15) is 0 Å². The van der Waals surface area contributed by atoms with Gasteiger partial charge in [0.05, 0.1) is 10.0 Å². The van der Waals surface area contributed by atoms with Crippen molar-refractivity contribution >= 4 is 85.2 Å². The fourth-order valence-electron chi connectivity index (χ4n) is 9.36. The highest BCUT2D eigenvalue weighted by atomic mass is 32.1. The molecule has 0 saturated carbocycles. The Hall–Kier alpha value is -2.82. The summed E-state index contributed by atoms with van der Waals surface area (Å²) >= 11 is 4.04. The van der Waals surface area contributed by atoms with Gasteiger partial charge >= 0.3 is 0 Å². The summed E-state index contributed by atoms with van der Waals surface area (Å²) in [7, 11) is 0. The molecule has 0 aliphatic heterocycles. The summed E-state index contributed by atoms with van der Waals surface area (Å²) in [6, 6.07) is 24.5. The van der Waals surface area contributed by atoms with E-state index in [1.807, 2.05) is 22.7 Å². The minimum Gasteiger partial charge on any atom is -0.363 e. The van der Waals surface area contributed by atoms with E-state index in [1.165, 1.54) is 243 Å². The summed E-state index contributed by atoms with van der Waals surface area (Å²) in [5.41, 5.74) is 0. The molecule has 2 aromatic heterocycles. The van der Waals surface area contributed by atoms with E-state index in [-0.39, 0.29) is 0 Å². The monoisotopic (exact) mass is 819 g/mol. The number of unbranched alkanes of at least 4 members (excludes halogenated alkanes) is 20. The minimum absolute atomic E-state index is 1.19. The predicted octanol–water partition coefficient (Wildman–Crippen LogP) is 18.6. The van der Waals surface area contributed by atoms with Crippen molar-refractivity contribution in [3.63, 3.8) is 0 Å². The van der Waals surface area contributed by atoms with Gasteiger partial charge in [-0.3, -0.25) is 0 Å². The number of anilines is 2. The minimum atomic E-state index is 1.19. The third-order valence-corrected chi connectivity index (χ3v) is 15.2. The Morgan fingerprint density at radius 3 is 0.828 bits per heavy atom. The summed E-state index contributed by atoms with van der Waals surface area (Å²) in [4.78, 5) is 5.49. The lowest BCUT2D eigenvalue weighted by atomic mass is 9.95. The van der Waals surface area contributed by atoms with Crippen molar-refractivity contribution in [3.05, 3.63) is 60.7 Å². The van der Waals surface area contributed by atoms with E-state index >= 15 is 0 Å². The zero-order valence-electron chi connectivity index (χ0n) is 37.3. The number of hydrogen-bond acceptors (Lipinski definition) is 4. The molecule has 4 heteroatoms. The smallest absolute Gasteiger partial charge is 0.0921 e. The molecular formula is C54H78N2S2. The van der Waals surface area contributed by atoms with E-state index in [9.17, 15) is 0 Å². The summed E-state index contributed by atoms with van der Waals surface area (Å²) in [5, 5.41) is 14.2. The van der Waals surface area contributed by atoms with E-state index in [1.54, 1.807) is 0 Å². The number of fused-ring (bicyclic) bond motifs is 9. The SMILES string of the molecule is CCCCCCCCN(CCCCCCCC)c1cc2c(ccc3c2ccc2c4ccc5sc(N(CCCCCCCC)CCCCCCCC)cc5c4ccc32)s1. The van der Waals surface area contributed by atoms with Gasteiger partial charge < -0.3 is 9.80 Å². The molecule has 0 fully saturated rings. The van der Waals surface area contributed by atoms with Gasteiger partial charge in [-0.15, -0.1) is 22.7 Å². The second-order valence-corrected chi connectivity index (χ2v) is 19.7. The van der Waals surface area contributed by atoms with Gasteiger partial charge in [0.25, 0.3) is 0 Å². The quantitative estimate of drug-likeness (QED) is 0.0330. The summed E-state index contributed by atoms with van der Waals surface area (Å²) < 4.78 is 2.86. The fourth-order valence-corrected chi connectivity index (χ4v) is 11.6. The van der Waals surface area contributed by atoms with E-state index in [4.69, 9.17) is 0 Å². The number of benzene rings is 4. The Bertz CT molecular complexity index is 1910. The average molecular weight is 819 g/mol. The molecule has 6 rings (SSSR count). The highest BCUT2D eigenvalue weighted by Crippen LogP contribution is 2.43. The Labute approximate surface area is 361 Å². The van der Waals surface area contributed by atoms with Crippen molar-refractivity contribution in [1.29, 1.82) is 0 Å². The van der Waals surface area contributed by atoms with Gasteiger partial charge in [0.15, 0.2) is 0 Å². The standard InChI is InChI=1S/C54H78N2S2/c1-5-9-13-17-21-25-37-55(38-26-22-18-14-10-6-2)53-41-49-47-31-29-44-43(45(47)33-35-51(49)57-53)30-32-48-46(44)34-36-52-50(48)42-54(58-52)56(39-27-23-19-15-11-7-3)40-28-24-20-16-12-8-4/h29-36,41-42H,5-28,37-40H2,1-4H3. The van der Waals surface area contributed by atoms with E-state index in [0.29, 0.717) is 0 Å². The van der Waals surface area contributed by atoms with Crippen LogP contribution in [-0.2, 0) is 0 Å². The van der Waals surface area contributed by atoms with Crippen LogP contribution in [0.5, 0.6) is 0 Å². The van der Waals surface area contributed by atoms with Gasteiger partial charge in [0, 0.05) is 46.4 Å². The van der Waals surface area contributed by atoms with Gasteiger partial charge in [0.2, 0.25) is 0 Å². The Kier molecular flexibility index (Phi) is 18.8. The number of thiophene rings is 2. The van der Waals surface area contributed by atoms with E-state index in [2.05, 4.69) is 98.2 Å². The van der Waals surface area contributed by atoms with Gasteiger partial charge in [-0.05, 0) is 82.3 Å². The van der Waals surface area contributed by atoms with Crippen LogP contribution in [-0.4, -0.2) is 26.2 Å². The third-order valence-electron chi connectivity index (χ3n) is 12.9. The molecule has 58 heavy (non-hydrogen) atoms. The first kappa shape index (κ1) is 44.7. The maximum atomic E-state index is 2.74. The van der Waals surface area contributed by atoms with E-state index in [0.717, 1.165) is 0 Å². The van der Waals surface area contributed by atoms with Crippen molar-refractivity contribution in [2.45, 2.75) is 182 Å². The Morgan fingerprint density at radius 1 is 0.293 bits per heavy atom. The maximum absolute atomic E-state index is 2.74. The van der Waals surface area contributed by atoms with Crippen LogP contribution in [0.3, 0.4) is 0 Å². The molecule has 0 amide bonds. The molecule has 2 heterocycles. The second kappa shape index (κ2) is 24.4. The number of rotatable bonds is 30. The van der Waals surface area contributed by atoms with Crippen molar-refractivity contribution in [1.82, 2.24) is 0 Å². The predicted molar refractivity (Wildman–Crippen MR) is 268 cm³/mol. The number of hydrogen-bond donors (Lipinski definition) is 0. The third kappa shape index (κ3) is 12.1. The molecule has 0 aliphatic carbocycles. The van der Waals surface area contributed by atoms with Crippen molar-refractivity contribution in [2.24, 2.45) is 0 Å². The van der Waals surface area contributed by atoms with E-state index < -0.39 is 0 Å². The van der Waals surface area contributed by atoms with Crippen LogP contribution in [0.2, 0.25) is 0 Å². The van der Waals surface area contributed by atoms with Crippen LogP contribution < -0.4 is 9.80 Å². The van der Waals surface area contributed by atoms with Gasteiger partial charge in [-0.1, -0.05) is 193 Å². The van der Waals surface area contributed by atoms with Crippen LogP contribution >= 0.6 is 22.7 Å². The summed E-state index contributed by atoms with van der Waals surface area (Å²) in [6.07, 6.45) is 32.6. The normalized spacial score (nSPS) is 12.0. The molecule has 0 saturated heterocycles. The second-order valence-electron chi connectivity index (χ2n) is 17.6. The topological polar surface area (TPSA) is 6.48 Å². The molecule has 316 valence electrons. The largest absolute Gasteiger partial charge is 0.363 e. The lowest BCUT2D eigenvalue weighted by Gasteiger charge is -2.23. The van der Waals surface area contributed by atoms with Crippen LogP contribution in [0.25, 0.3) is 52.5 Å². The molecule has 2 nitrogen and oxygen atoms in total. The molecule has 0 radical (unpaired) electrons. The molecule has 0 spiro atoms. The zero-order valence-corrected chi connectivity index (χ0v) is 38.9. The van der Waals surface area contributed by atoms with Crippen LogP contribution in [0.4, 0.5) is 10.0 Å². The zero-order chi connectivity index (χ0) is 40.4. The summed E-state index contributed by atoms with van der Waals surface area (Å²) in [6.45, 7) is 14.0. The summed E-state index contributed by atoms with van der Waals surface area (Å²) in [5.74, 6) is 0. The number of nitrogens with zero attached hydrogens (tertiary/aromatic N) is 2. The molecule has 0 bridgehead atoms. The molecule has 6 aromatic rings. The molecule has 4 aromatic carbocycles. The molecule has 0 atom stereocenters. The first-order chi connectivity index (χ1) is 28.7. The Balaban J connectivity index is 1.24. The first-order valence-corrected chi connectivity index (χ1v) is 26.0. The lowest BCUT2D eigenvalue weighted by molar-refractivity contribution is 0.576. The van der Waals surface area contributed by atoms with Crippen molar-refractivity contribution in [2.75, 3.05) is 36.0 Å². The maximum Gasteiger partial charge on any atom is 0.0921 e. The van der Waals surface area contributed by atoms with Crippen molar-refractivity contribution < 1.29 is 0 Å². The van der Waals surface area contributed by atoms with Gasteiger partial charge in [-0.2, -0.15) is 0 Å². The van der Waals surface area contributed by atoms with Crippen LogP contribution in [0.1, 0.15) is 182 Å². The van der Waals surface area contributed by atoms with Crippen molar-refractivity contribution in [3.8, 4) is 0 Å². The average Bonchev–Trinajstić information content (AvgIpc) is 3.89. The van der Waals surface area contributed by atoms with Gasteiger partial charge in [-0.25, -0.2) is 0 Å². The molecule has 0 N–H and O–H groups in total. The molecular weight excluding hydrogens is 741 g/mol. The highest BCUT2D eigenvalue weighted by molar-refractivity contribution is 7.23. The highest BCUT2D eigenvalue weighted by Gasteiger charge is 2.17. The first-order valence-electron chi connectivity index (χ1n) is 24.4.